The molecule has 0 atom stereocenters. The van der Waals surface area contributed by atoms with Crippen molar-refractivity contribution in [2.24, 2.45) is 7.05 Å². The van der Waals surface area contributed by atoms with Gasteiger partial charge in [-0.15, -0.1) is 0 Å². The Labute approximate surface area is 131 Å². The maximum Gasteiger partial charge on any atom is 0.146 e. The molecule has 0 saturated heterocycles. The van der Waals surface area contributed by atoms with Gasteiger partial charge >= 0.3 is 0 Å². The summed E-state index contributed by atoms with van der Waals surface area (Å²) in [4.78, 5) is 0. The number of rotatable bonds is 2. The van der Waals surface area contributed by atoms with Gasteiger partial charge in [-0.3, -0.25) is 4.68 Å². The molecule has 104 valence electrons. The first kappa shape index (κ1) is 13.7. The lowest BCUT2D eigenvalue weighted by molar-refractivity contribution is 0.765. The summed E-state index contributed by atoms with van der Waals surface area (Å²) in [5.74, 6) is 0.711. The van der Waals surface area contributed by atoms with Gasteiger partial charge in [-0.1, -0.05) is 40.2 Å². The molecule has 21 heavy (non-hydrogen) atoms. The van der Waals surface area contributed by atoms with Crippen LogP contribution in [0.1, 0.15) is 11.3 Å². The predicted molar refractivity (Wildman–Crippen MR) is 87.6 cm³/mol. The quantitative estimate of drug-likeness (QED) is 0.758. The molecule has 3 rings (SSSR count). The van der Waals surface area contributed by atoms with Crippen molar-refractivity contribution in [3.63, 3.8) is 0 Å². The van der Waals surface area contributed by atoms with Gasteiger partial charge in [0.05, 0.1) is 5.69 Å². The molecular weight excluding hydrogens is 328 g/mol. The highest BCUT2D eigenvalue weighted by Gasteiger charge is 2.14. The van der Waals surface area contributed by atoms with Crippen LogP contribution in [0.15, 0.2) is 40.9 Å². The molecule has 1 N–H and O–H groups in total. The molecule has 0 unspecified atom stereocenters. The number of nitrogens with zero attached hydrogens (tertiary/aromatic N) is 3. The number of aromatic nitrogens is 2. The largest absolute Gasteiger partial charge is 0.339 e. The minimum Gasteiger partial charge on any atom is -0.339 e. The molecule has 0 saturated carbocycles. The Kier molecular flexibility index (Phi) is 3.40. The summed E-state index contributed by atoms with van der Waals surface area (Å²) in [7, 11) is 1.83. The van der Waals surface area contributed by atoms with Gasteiger partial charge in [0.15, 0.2) is 0 Å². The molecule has 0 aliphatic heterocycles. The first-order valence-electron chi connectivity index (χ1n) is 6.50. The summed E-state index contributed by atoms with van der Waals surface area (Å²) >= 11 is 3.57. The Morgan fingerprint density at radius 3 is 2.62 bits per heavy atom. The topological polar surface area (TPSA) is 53.6 Å². The molecule has 3 aromatic rings. The van der Waals surface area contributed by atoms with Crippen LogP contribution in [0.25, 0.3) is 10.8 Å². The molecule has 4 nitrogen and oxygen atoms in total. The Morgan fingerprint density at radius 1 is 1.19 bits per heavy atom. The van der Waals surface area contributed by atoms with E-state index in [1.54, 1.807) is 4.68 Å². The molecule has 0 spiro atoms. The maximum absolute atomic E-state index is 9.30. The van der Waals surface area contributed by atoms with Gasteiger partial charge in [-0.25, -0.2) is 0 Å². The van der Waals surface area contributed by atoms with Crippen LogP contribution in [-0.2, 0) is 7.05 Å². The third kappa shape index (κ3) is 2.28. The van der Waals surface area contributed by atoms with Gasteiger partial charge in [-0.05, 0) is 24.4 Å². The molecule has 2 aromatic carbocycles. The number of fused-ring (bicyclic) bond motifs is 1. The monoisotopic (exact) mass is 340 g/mol. The van der Waals surface area contributed by atoms with Crippen molar-refractivity contribution < 1.29 is 0 Å². The molecule has 0 radical (unpaired) electrons. The molecule has 0 aliphatic carbocycles. The average molecular weight is 341 g/mol. The zero-order chi connectivity index (χ0) is 15.0. The maximum atomic E-state index is 9.30. The Balaban J connectivity index is 2.16. The van der Waals surface area contributed by atoms with Crippen molar-refractivity contribution in [3.8, 4) is 6.07 Å². The Morgan fingerprint density at radius 2 is 1.90 bits per heavy atom. The average Bonchev–Trinajstić information content (AvgIpc) is 2.76. The normalized spacial score (nSPS) is 10.6. The fourth-order valence-corrected chi connectivity index (χ4v) is 2.91. The van der Waals surface area contributed by atoms with E-state index >= 15 is 0 Å². The second-order valence-corrected chi connectivity index (χ2v) is 5.66. The number of nitriles is 1. The second kappa shape index (κ2) is 5.23. The first-order chi connectivity index (χ1) is 10.1. The van der Waals surface area contributed by atoms with Crippen molar-refractivity contribution in [2.45, 2.75) is 6.92 Å². The summed E-state index contributed by atoms with van der Waals surface area (Å²) in [6.45, 7) is 1.84. The lowest BCUT2D eigenvalue weighted by Crippen LogP contribution is -2.01. The summed E-state index contributed by atoms with van der Waals surface area (Å²) in [6, 6.07) is 14.3. The van der Waals surface area contributed by atoms with Crippen LogP contribution in [0.3, 0.4) is 0 Å². The van der Waals surface area contributed by atoms with Crippen molar-refractivity contribution in [3.05, 3.63) is 52.1 Å². The van der Waals surface area contributed by atoms with Gasteiger partial charge in [0.1, 0.15) is 17.5 Å². The van der Waals surface area contributed by atoms with E-state index in [4.69, 9.17) is 0 Å². The fourth-order valence-electron chi connectivity index (χ4n) is 2.43. The number of hydrogen-bond acceptors (Lipinski definition) is 3. The first-order valence-corrected chi connectivity index (χ1v) is 7.29. The highest BCUT2D eigenvalue weighted by atomic mass is 79.9. The lowest BCUT2D eigenvalue weighted by atomic mass is 10.1. The van der Waals surface area contributed by atoms with E-state index in [1.165, 1.54) is 0 Å². The number of nitrogens with one attached hydrogen (secondary N) is 1. The lowest BCUT2D eigenvalue weighted by Gasteiger charge is -2.11. The number of halogens is 1. The van der Waals surface area contributed by atoms with Crippen LogP contribution in [0, 0.1) is 18.3 Å². The molecular formula is C16H13BrN4. The minimum absolute atomic E-state index is 0.574. The molecule has 0 bridgehead atoms. The van der Waals surface area contributed by atoms with Crippen LogP contribution in [0.2, 0.25) is 0 Å². The molecule has 0 amide bonds. The third-order valence-electron chi connectivity index (χ3n) is 3.46. The van der Waals surface area contributed by atoms with Gasteiger partial charge < -0.3 is 5.32 Å². The SMILES string of the molecule is Cc1nn(C)c(Nc2ccc(Br)c3ccccc23)c1C#N. The zero-order valence-electron chi connectivity index (χ0n) is 11.7. The summed E-state index contributed by atoms with van der Waals surface area (Å²) in [5, 5.41) is 19.2. The van der Waals surface area contributed by atoms with E-state index in [2.05, 4.69) is 44.5 Å². The van der Waals surface area contributed by atoms with Crippen LogP contribution in [-0.4, -0.2) is 9.78 Å². The van der Waals surface area contributed by atoms with Crippen LogP contribution in [0.5, 0.6) is 0 Å². The van der Waals surface area contributed by atoms with Crippen molar-refractivity contribution >= 4 is 38.2 Å². The van der Waals surface area contributed by atoms with Crippen molar-refractivity contribution in [2.75, 3.05) is 5.32 Å². The van der Waals surface area contributed by atoms with Gasteiger partial charge in [0.25, 0.3) is 0 Å². The zero-order valence-corrected chi connectivity index (χ0v) is 13.3. The smallest absolute Gasteiger partial charge is 0.146 e. The predicted octanol–water partition coefficient (Wildman–Crippen LogP) is 4.26. The Hall–Kier alpha value is -2.32. The highest BCUT2D eigenvalue weighted by Crippen LogP contribution is 2.32. The van der Waals surface area contributed by atoms with Gasteiger partial charge in [0, 0.05) is 22.6 Å². The molecule has 1 aromatic heterocycles. The summed E-state index contributed by atoms with van der Waals surface area (Å²) < 4.78 is 2.75. The molecule has 0 fully saturated rings. The highest BCUT2D eigenvalue weighted by molar-refractivity contribution is 9.10. The van der Waals surface area contributed by atoms with Gasteiger partial charge in [0.2, 0.25) is 0 Å². The summed E-state index contributed by atoms with van der Waals surface area (Å²) in [6.07, 6.45) is 0. The molecule has 0 aliphatic rings. The molecule has 1 heterocycles. The summed E-state index contributed by atoms with van der Waals surface area (Å²) in [5.41, 5.74) is 2.25. The second-order valence-electron chi connectivity index (χ2n) is 4.81. The minimum atomic E-state index is 0.574. The van der Waals surface area contributed by atoms with E-state index in [0.29, 0.717) is 11.4 Å². The number of hydrogen-bond donors (Lipinski definition) is 1. The Bertz CT molecular complexity index is 874. The van der Waals surface area contributed by atoms with E-state index in [1.807, 2.05) is 38.2 Å². The van der Waals surface area contributed by atoms with E-state index in [-0.39, 0.29) is 0 Å². The third-order valence-corrected chi connectivity index (χ3v) is 4.15. The number of aryl methyl sites for hydroxylation is 2. The van der Waals surface area contributed by atoms with Crippen molar-refractivity contribution in [1.82, 2.24) is 9.78 Å². The van der Waals surface area contributed by atoms with E-state index in [0.717, 1.165) is 26.6 Å². The van der Waals surface area contributed by atoms with E-state index < -0.39 is 0 Å². The number of benzene rings is 2. The van der Waals surface area contributed by atoms with Crippen molar-refractivity contribution in [1.29, 1.82) is 5.26 Å². The van der Waals surface area contributed by atoms with Gasteiger partial charge in [-0.2, -0.15) is 10.4 Å². The molecule has 5 heteroatoms. The number of anilines is 2. The van der Waals surface area contributed by atoms with Crippen LogP contribution in [0.4, 0.5) is 11.5 Å². The standard InChI is InChI=1S/C16H13BrN4/c1-10-13(9-18)16(21(2)20-10)19-15-8-7-14(17)11-5-3-4-6-12(11)15/h3-8,19H,1-2H3. The van der Waals surface area contributed by atoms with E-state index in [9.17, 15) is 5.26 Å². The van der Waals surface area contributed by atoms with Crippen LogP contribution >= 0.6 is 15.9 Å². The fraction of sp³-hybridized carbons (Fsp3) is 0.125. The van der Waals surface area contributed by atoms with Crippen LogP contribution < -0.4 is 5.32 Å².